The minimum absolute atomic E-state index is 0.0148. The van der Waals surface area contributed by atoms with Gasteiger partial charge in [0, 0.05) is 105 Å². The van der Waals surface area contributed by atoms with E-state index in [4.69, 9.17) is 4.74 Å². The Morgan fingerprint density at radius 3 is 2.30 bits per heavy atom. The summed E-state index contributed by atoms with van der Waals surface area (Å²) in [6.45, 7) is 8.48. The second-order valence-corrected chi connectivity index (χ2v) is 16.2. The number of nitrogens with zero attached hydrogens (tertiary/aromatic N) is 6. The average molecular weight is 824 g/mol. The number of rotatable bonds is 11. The first-order valence-electron chi connectivity index (χ1n) is 20.8. The summed E-state index contributed by atoms with van der Waals surface area (Å²) in [6.07, 6.45) is 1.74. The Morgan fingerprint density at radius 1 is 0.883 bits per heavy atom. The number of carbonyl (C=O) groups is 4. The van der Waals surface area contributed by atoms with Crippen molar-refractivity contribution in [2.24, 2.45) is 7.05 Å². The van der Waals surface area contributed by atoms with Crippen LogP contribution in [0.2, 0.25) is 0 Å². The molecule has 4 aliphatic rings. The summed E-state index contributed by atoms with van der Waals surface area (Å²) in [6, 6.07) is 13.8. The number of aryl methyl sites for hydroxylation is 3. The van der Waals surface area contributed by atoms with E-state index < -0.39 is 30.2 Å². The van der Waals surface area contributed by atoms with Crippen LogP contribution in [0.1, 0.15) is 82.9 Å². The summed E-state index contributed by atoms with van der Waals surface area (Å²) in [7, 11) is 3.32. The van der Waals surface area contributed by atoms with Crippen molar-refractivity contribution in [3.8, 4) is 5.75 Å². The van der Waals surface area contributed by atoms with Gasteiger partial charge in [-0.15, -0.1) is 0 Å². The predicted octanol–water partition coefficient (Wildman–Crippen LogP) is 5.71. The number of fused-ring (bicyclic) bond motifs is 3. The van der Waals surface area contributed by atoms with Crippen LogP contribution in [0.4, 0.5) is 31.5 Å². The quantitative estimate of drug-likeness (QED) is 0.149. The number of anilines is 4. The van der Waals surface area contributed by atoms with E-state index in [1.54, 1.807) is 43.8 Å². The third-order valence-corrected chi connectivity index (χ3v) is 12.9. The van der Waals surface area contributed by atoms with Crippen LogP contribution in [0.5, 0.6) is 5.75 Å². The molecule has 2 fully saturated rings. The van der Waals surface area contributed by atoms with E-state index in [-0.39, 0.29) is 35.1 Å². The average Bonchev–Trinajstić information content (AvgIpc) is 3.51. The molecule has 60 heavy (non-hydrogen) atoms. The molecule has 4 aromatic rings. The number of benzene rings is 3. The molecule has 2 saturated heterocycles. The van der Waals surface area contributed by atoms with Crippen molar-refractivity contribution in [1.82, 2.24) is 19.7 Å². The number of ether oxygens (including phenoxy) is 1. The second-order valence-electron chi connectivity index (χ2n) is 16.2. The molecule has 5 heterocycles. The van der Waals surface area contributed by atoms with Crippen molar-refractivity contribution in [3.63, 3.8) is 0 Å². The number of carbonyl (C=O) groups excluding carboxylic acids is 4. The number of imide groups is 2. The van der Waals surface area contributed by atoms with Crippen LogP contribution in [0.25, 0.3) is 10.9 Å². The Labute approximate surface area is 347 Å². The summed E-state index contributed by atoms with van der Waals surface area (Å²) < 4.78 is 37.3. The summed E-state index contributed by atoms with van der Waals surface area (Å²) in [5.74, 6) is -1.17. The lowest BCUT2D eigenvalue weighted by molar-refractivity contribution is -0.128. The lowest BCUT2D eigenvalue weighted by Gasteiger charge is -2.44. The van der Waals surface area contributed by atoms with Crippen molar-refractivity contribution in [2.75, 3.05) is 67.6 Å². The Balaban J connectivity index is 0.947. The van der Waals surface area contributed by atoms with E-state index in [0.29, 0.717) is 54.6 Å². The summed E-state index contributed by atoms with van der Waals surface area (Å²) in [5, 5.41) is 2.95. The van der Waals surface area contributed by atoms with Crippen LogP contribution in [-0.2, 0) is 23.1 Å². The number of amides is 4. The molecular weight excluding hydrogens is 773 g/mol. The maximum atomic E-state index is 15.0. The third kappa shape index (κ3) is 7.26. The highest BCUT2D eigenvalue weighted by Gasteiger charge is 2.43. The van der Waals surface area contributed by atoms with Gasteiger partial charge in [0.15, 0.2) is 0 Å². The van der Waals surface area contributed by atoms with Gasteiger partial charge in [-0.05, 0) is 81.0 Å². The Morgan fingerprint density at radius 2 is 1.62 bits per heavy atom. The summed E-state index contributed by atoms with van der Waals surface area (Å²) >= 11 is 0. The van der Waals surface area contributed by atoms with Gasteiger partial charge < -0.3 is 24.0 Å². The highest BCUT2D eigenvalue weighted by molar-refractivity contribution is 6.23. The summed E-state index contributed by atoms with van der Waals surface area (Å²) in [4.78, 5) is 73.0. The fourth-order valence-electron chi connectivity index (χ4n) is 9.70. The van der Waals surface area contributed by atoms with Gasteiger partial charge in [-0.3, -0.25) is 39.1 Å². The lowest BCUT2D eigenvalue weighted by Crippen LogP contribution is -2.53. The normalized spacial score (nSPS) is 18.0. The van der Waals surface area contributed by atoms with Gasteiger partial charge in [0.2, 0.25) is 12.3 Å². The molecule has 3 aromatic carbocycles. The first-order valence-corrected chi connectivity index (χ1v) is 20.8. The van der Waals surface area contributed by atoms with E-state index in [2.05, 4.69) is 24.9 Å². The number of alkyl halides is 2. The molecule has 1 atom stereocenters. The first kappa shape index (κ1) is 40.9. The Hall–Kier alpha value is -5.83. The molecule has 13 nitrogen and oxygen atoms in total. The van der Waals surface area contributed by atoms with Gasteiger partial charge >= 0.3 is 0 Å². The number of pyridine rings is 1. The number of hydrogen-bond donors (Lipinski definition) is 1. The van der Waals surface area contributed by atoms with Crippen molar-refractivity contribution in [2.45, 2.75) is 70.9 Å². The molecule has 1 aromatic heterocycles. The first-order chi connectivity index (χ1) is 28.9. The molecule has 0 radical (unpaired) electrons. The number of methoxy groups -OCH3 is 1. The fraction of sp³-hybridized carbons (Fsp3) is 0.444. The van der Waals surface area contributed by atoms with E-state index in [1.807, 2.05) is 37.3 Å². The van der Waals surface area contributed by atoms with Crippen LogP contribution < -0.4 is 30.3 Å². The monoisotopic (exact) mass is 823 g/mol. The zero-order valence-corrected chi connectivity index (χ0v) is 34.5. The predicted molar refractivity (Wildman–Crippen MR) is 226 cm³/mol. The SMILES string of the molecule is CCCC(C(=O)NC=O)N1C(=O)c2ccc(N3CCC(N4CCN(c5cc6c(cc5C(F)F)N(c5cc(OC)cc7c5cc(C)c(=O)n7C)CCC6)CC4)CC3)cc2C1=O. The number of piperazine rings is 1. The minimum Gasteiger partial charge on any atom is -0.497 e. The topological polar surface area (TPSA) is 128 Å². The molecule has 4 aliphatic heterocycles. The molecular formula is C45H51F2N7O6. The highest BCUT2D eigenvalue weighted by atomic mass is 19.3. The lowest BCUT2D eigenvalue weighted by atomic mass is 9.95. The number of aromatic nitrogens is 1. The van der Waals surface area contributed by atoms with E-state index >= 15 is 8.78 Å². The summed E-state index contributed by atoms with van der Waals surface area (Å²) in [5.41, 5.74) is 5.75. The largest absolute Gasteiger partial charge is 0.497 e. The van der Waals surface area contributed by atoms with Gasteiger partial charge in [0.05, 0.1) is 29.4 Å². The van der Waals surface area contributed by atoms with Gasteiger partial charge in [-0.25, -0.2) is 8.78 Å². The van der Waals surface area contributed by atoms with Crippen molar-refractivity contribution >= 4 is 57.8 Å². The molecule has 1 N–H and O–H groups in total. The van der Waals surface area contributed by atoms with Crippen LogP contribution in [0.15, 0.2) is 53.3 Å². The van der Waals surface area contributed by atoms with E-state index in [9.17, 15) is 24.0 Å². The standard InChI is InChI=1S/C45H51F2N7O6/c1-5-7-36(42(56)48-26-55)54-44(58)32-10-9-30(22-33(32)45(54)59)50-14-11-29(12-15-50)51-16-18-52(19-17-51)39-21-28-8-6-13-53(37(28)25-35(39)41(46)47)40-24-31(60-4)23-38-34(40)20-27(2)43(57)49(38)3/h9-10,20-26,29,36,41H,5-8,11-19H2,1-4H3,(H,48,55,56). The van der Waals surface area contributed by atoms with E-state index in [0.717, 1.165) is 84.8 Å². The molecule has 15 heteroatoms. The van der Waals surface area contributed by atoms with Crippen LogP contribution in [-0.4, -0.2) is 104 Å². The molecule has 1 unspecified atom stereocenters. The molecule has 0 bridgehead atoms. The number of hydrogen-bond acceptors (Lipinski definition) is 10. The second kappa shape index (κ2) is 16.7. The van der Waals surface area contributed by atoms with Crippen LogP contribution in [0, 0.1) is 6.92 Å². The van der Waals surface area contributed by atoms with Gasteiger partial charge in [-0.2, -0.15) is 0 Å². The molecule has 316 valence electrons. The van der Waals surface area contributed by atoms with Gasteiger partial charge in [0.25, 0.3) is 23.8 Å². The smallest absolute Gasteiger partial charge is 0.265 e. The van der Waals surface area contributed by atoms with Gasteiger partial charge in [-0.1, -0.05) is 13.3 Å². The van der Waals surface area contributed by atoms with Crippen molar-refractivity contribution in [1.29, 1.82) is 0 Å². The maximum absolute atomic E-state index is 15.0. The van der Waals surface area contributed by atoms with E-state index in [1.165, 1.54) is 0 Å². The zero-order chi connectivity index (χ0) is 42.4. The maximum Gasteiger partial charge on any atom is 0.265 e. The fourth-order valence-corrected chi connectivity index (χ4v) is 9.70. The van der Waals surface area contributed by atoms with Crippen LogP contribution in [0.3, 0.4) is 0 Å². The number of piperidine rings is 1. The third-order valence-electron chi connectivity index (χ3n) is 12.9. The van der Waals surface area contributed by atoms with Crippen molar-refractivity contribution < 1.29 is 32.7 Å². The molecule has 4 amide bonds. The molecule has 0 saturated carbocycles. The number of nitrogens with one attached hydrogen (secondary N) is 1. The molecule has 0 aliphatic carbocycles. The van der Waals surface area contributed by atoms with Crippen LogP contribution >= 0.6 is 0 Å². The Bertz CT molecular complexity index is 2420. The zero-order valence-electron chi connectivity index (χ0n) is 34.5. The Kier molecular flexibility index (Phi) is 11.4. The molecule has 8 rings (SSSR count). The van der Waals surface area contributed by atoms with Crippen molar-refractivity contribution in [3.05, 3.63) is 86.7 Å². The number of halogens is 2. The molecule has 0 spiro atoms. The minimum atomic E-state index is -2.67. The van der Waals surface area contributed by atoms with Gasteiger partial charge in [0.1, 0.15) is 11.8 Å². The highest BCUT2D eigenvalue weighted by Crippen LogP contribution is 2.44.